The minimum atomic E-state index is 0.110. The van der Waals surface area contributed by atoms with Crippen LogP contribution in [0.4, 0.5) is 0 Å². The lowest BCUT2D eigenvalue weighted by Crippen LogP contribution is -2.20. The van der Waals surface area contributed by atoms with E-state index in [9.17, 15) is 5.11 Å². The van der Waals surface area contributed by atoms with Crippen LogP contribution in [0.1, 0.15) is 18.4 Å². The van der Waals surface area contributed by atoms with E-state index in [1.807, 2.05) is 12.1 Å². The molecule has 0 radical (unpaired) electrons. The number of fused-ring (bicyclic) bond motifs is 1. The Balaban J connectivity index is 1.88. The molecule has 0 bridgehead atoms. The summed E-state index contributed by atoms with van der Waals surface area (Å²) < 4.78 is 7.71. The lowest BCUT2D eigenvalue weighted by molar-refractivity contribution is 0.0616. The molecule has 0 atom stereocenters. The number of hydrogen-bond donors (Lipinski definition) is 1. The third-order valence-electron chi connectivity index (χ3n) is 3.87. The smallest absolute Gasteiger partial charge is 0.0688 e. The van der Waals surface area contributed by atoms with Crippen molar-refractivity contribution in [3.05, 3.63) is 36.0 Å². The van der Waals surface area contributed by atoms with Crippen molar-refractivity contribution in [2.24, 2.45) is 5.92 Å². The first-order valence-corrected chi connectivity index (χ1v) is 6.64. The molecule has 96 valence electrons. The standard InChI is InChI=1S/C15H19NO2/c17-11-13-2-1-3-15-14(13)4-7-16(15)10-12-5-8-18-9-6-12/h1-4,7,12,17H,5-6,8-11H2. The maximum absolute atomic E-state index is 9.34. The van der Waals surface area contributed by atoms with E-state index in [-0.39, 0.29) is 6.61 Å². The van der Waals surface area contributed by atoms with Crippen LogP contribution in [0.2, 0.25) is 0 Å². The first-order valence-electron chi connectivity index (χ1n) is 6.64. The number of nitrogens with zero attached hydrogens (tertiary/aromatic N) is 1. The van der Waals surface area contributed by atoms with Crippen LogP contribution in [-0.2, 0) is 17.9 Å². The molecular weight excluding hydrogens is 226 g/mol. The second-order valence-corrected chi connectivity index (χ2v) is 5.03. The molecule has 0 spiro atoms. The summed E-state index contributed by atoms with van der Waals surface area (Å²) in [4.78, 5) is 0. The molecule has 3 nitrogen and oxygen atoms in total. The van der Waals surface area contributed by atoms with E-state index in [1.165, 1.54) is 10.9 Å². The zero-order valence-electron chi connectivity index (χ0n) is 10.5. The van der Waals surface area contributed by atoms with E-state index in [1.54, 1.807) is 0 Å². The highest BCUT2D eigenvalue weighted by atomic mass is 16.5. The number of aliphatic hydroxyl groups is 1. The fraction of sp³-hybridized carbons (Fsp3) is 0.467. The minimum Gasteiger partial charge on any atom is -0.392 e. The van der Waals surface area contributed by atoms with Gasteiger partial charge in [-0.1, -0.05) is 12.1 Å². The molecule has 0 aliphatic carbocycles. The van der Waals surface area contributed by atoms with Gasteiger partial charge in [0, 0.05) is 36.9 Å². The number of ether oxygens (including phenoxy) is 1. The molecule has 1 N–H and O–H groups in total. The summed E-state index contributed by atoms with van der Waals surface area (Å²) in [5, 5.41) is 10.5. The van der Waals surface area contributed by atoms with E-state index >= 15 is 0 Å². The Morgan fingerprint density at radius 2 is 2.06 bits per heavy atom. The summed E-state index contributed by atoms with van der Waals surface area (Å²) in [6.07, 6.45) is 4.44. The summed E-state index contributed by atoms with van der Waals surface area (Å²) in [7, 11) is 0. The van der Waals surface area contributed by atoms with Crippen LogP contribution in [0.3, 0.4) is 0 Å². The van der Waals surface area contributed by atoms with Gasteiger partial charge in [-0.25, -0.2) is 0 Å². The monoisotopic (exact) mass is 245 g/mol. The Labute approximate surface area is 107 Å². The highest BCUT2D eigenvalue weighted by molar-refractivity contribution is 5.83. The topological polar surface area (TPSA) is 34.4 Å². The van der Waals surface area contributed by atoms with Gasteiger partial charge < -0.3 is 14.4 Å². The van der Waals surface area contributed by atoms with E-state index in [0.29, 0.717) is 5.92 Å². The van der Waals surface area contributed by atoms with E-state index in [4.69, 9.17) is 4.74 Å². The van der Waals surface area contributed by atoms with Crippen LogP contribution in [0, 0.1) is 5.92 Å². The van der Waals surface area contributed by atoms with Gasteiger partial charge in [0.1, 0.15) is 0 Å². The average Bonchev–Trinajstić information content (AvgIpc) is 2.83. The summed E-state index contributed by atoms with van der Waals surface area (Å²) in [5.74, 6) is 0.715. The van der Waals surface area contributed by atoms with Crippen LogP contribution in [-0.4, -0.2) is 22.9 Å². The highest BCUT2D eigenvalue weighted by Gasteiger charge is 2.15. The lowest BCUT2D eigenvalue weighted by atomic mass is 10.0. The highest BCUT2D eigenvalue weighted by Crippen LogP contribution is 2.24. The fourth-order valence-electron chi connectivity index (χ4n) is 2.79. The second-order valence-electron chi connectivity index (χ2n) is 5.03. The van der Waals surface area contributed by atoms with Crippen molar-refractivity contribution in [3.8, 4) is 0 Å². The van der Waals surface area contributed by atoms with Crippen molar-refractivity contribution >= 4 is 10.9 Å². The van der Waals surface area contributed by atoms with E-state index < -0.39 is 0 Å². The lowest BCUT2D eigenvalue weighted by Gasteiger charge is -2.22. The molecule has 2 heterocycles. The molecule has 1 aliphatic heterocycles. The van der Waals surface area contributed by atoms with Crippen LogP contribution >= 0.6 is 0 Å². The number of rotatable bonds is 3. The maximum atomic E-state index is 9.34. The zero-order chi connectivity index (χ0) is 12.4. The van der Waals surface area contributed by atoms with Gasteiger partial charge in [-0.15, -0.1) is 0 Å². The third kappa shape index (κ3) is 2.16. The molecular formula is C15H19NO2. The van der Waals surface area contributed by atoms with Gasteiger partial charge in [0.15, 0.2) is 0 Å². The van der Waals surface area contributed by atoms with Crippen LogP contribution in [0.5, 0.6) is 0 Å². The zero-order valence-corrected chi connectivity index (χ0v) is 10.5. The predicted octanol–water partition coefficient (Wildman–Crippen LogP) is 2.56. The Morgan fingerprint density at radius 3 is 2.83 bits per heavy atom. The van der Waals surface area contributed by atoms with Gasteiger partial charge in [-0.05, 0) is 36.5 Å². The number of aliphatic hydroxyl groups excluding tert-OH is 1. The van der Waals surface area contributed by atoms with Gasteiger partial charge in [-0.3, -0.25) is 0 Å². The molecule has 18 heavy (non-hydrogen) atoms. The van der Waals surface area contributed by atoms with Gasteiger partial charge in [0.25, 0.3) is 0 Å². The van der Waals surface area contributed by atoms with Crippen molar-refractivity contribution in [1.29, 1.82) is 0 Å². The molecule has 0 unspecified atom stereocenters. The van der Waals surface area contributed by atoms with Crippen LogP contribution in [0.25, 0.3) is 10.9 Å². The maximum Gasteiger partial charge on any atom is 0.0688 e. The van der Waals surface area contributed by atoms with Gasteiger partial charge in [-0.2, -0.15) is 0 Å². The predicted molar refractivity (Wildman–Crippen MR) is 71.4 cm³/mol. The summed E-state index contributed by atoms with van der Waals surface area (Å²) in [5.41, 5.74) is 2.24. The molecule has 1 aromatic carbocycles. The van der Waals surface area contributed by atoms with Gasteiger partial charge in [0.05, 0.1) is 6.61 Å². The number of hydrogen-bond acceptors (Lipinski definition) is 2. The van der Waals surface area contributed by atoms with Gasteiger partial charge in [0.2, 0.25) is 0 Å². The van der Waals surface area contributed by atoms with Crippen molar-refractivity contribution < 1.29 is 9.84 Å². The van der Waals surface area contributed by atoms with Crippen LogP contribution in [0.15, 0.2) is 30.5 Å². The number of aromatic nitrogens is 1. The molecule has 1 aliphatic rings. The Morgan fingerprint density at radius 1 is 1.22 bits per heavy atom. The SMILES string of the molecule is OCc1cccc2c1ccn2CC1CCOCC1. The van der Waals surface area contributed by atoms with Crippen LogP contribution < -0.4 is 0 Å². The van der Waals surface area contributed by atoms with E-state index in [2.05, 4.69) is 22.9 Å². The molecule has 1 saturated heterocycles. The summed E-state index contributed by atoms with van der Waals surface area (Å²) in [6.45, 7) is 2.96. The summed E-state index contributed by atoms with van der Waals surface area (Å²) in [6, 6.07) is 8.25. The van der Waals surface area contributed by atoms with E-state index in [0.717, 1.165) is 38.2 Å². The second kappa shape index (κ2) is 5.12. The number of benzene rings is 1. The molecule has 1 fully saturated rings. The molecule has 0 amide bonds. The quantitative estimate of drug-likeness (QED) is 0.901. The Kier molecular flexibility index (Phi) is 3.35. The molecule has 1 aromatic heterocycles. The first kappa shape index (κ1) is 11.8. The van der Waals surface area contributed by atoms with Gasteiger partial charge >= 0.3 is 0 Å². The Bertz CT molecular complexity index is 526. The normalized spacial score (nSPS) is 17.4. The van der Waals surface area contributed by atoms with Crippen molar-refractivity contribution in [2.45, 2.75) is 26.0 Å². The fourth-order valence-corrected chi connectivity index (χ4v) is 2.79. The molecule has 2 aromatic rings. The van der Waals surface area contributed by atoms with Crippen molar-refractivity contribution in [1.82, 2.24) is 4.57 Å². The molecule has 3 rings (SSSR count). The third-order valence-corrected chi connectivity index (χ3v) is 3.87. The van der Waals surface area contributed by atoms with Crippen molar-refractivity contribution in [3.63, 3.8) is 0 Å². The summed E-state index contributed by atoms with van der Waals surface area (Å²) >= 11 is 0. The molecule has 3 heteroatoms. The minimum absolute atomic E-state index is 0.110. The Hall–Kier alpha value is -1.32. The molecule has 0 saturated carbocycles. The van der Waals surface area contributed by atoms with Crippen molar-refractivity contribution in [2.75, 3.05) is 13.2 Å². The largest absolute Gasteiger partial charge is 0.392 e. The average molecular weight is 245 g/mol. The first-order chi connectivity index (χ1) is 8.88.